The Morgan fingerprint density at radius 3 is 2.40 bits per heavy atom. The van der Waals surface area contributed by atoms with E-state index in [-0.39, 0.29) is 18.3 Å². The molecule has 1 aliphatic rings. The molecule has 0 amide bonds. The lowest BCUT2D eigenvalue weighted by Crippen LogP contribution is -2.41. The molecule has 2 heterocycles. The van der Waals surface area contributed by atoms with Crippen LogP contribution in [0.15, 0.2) is 24.4 Å². The summed E-state index contributed by atoms with van der Waals surface area (Å²) >= 11 is 0. The molecule has 106 valence electrons. The van der Waals surface area contributed by atoms with E-state index in [1.165, 1.54) is 0 Å². The second kappa shape index (κ2) is 4.33. The lowest BCUT2D eigenvalue weighted by atomic mass is 9.79. The van der Waals surface area contributed by atoms with Gasteiger partial charge >= 0.3 is 7.12 Å². The number of aromatic nitrogens is 2. The molecule has 20 heavy (non-hydrogen) atoms. The van der Waals surface area contributed by atoms with E-state index >= 15 is 0 Å². The molecule has 2 aromatic rings. The Morgan fingerprint density at radius 2 is 1.80 bits per heavy atom. The van der Waals surface area contributed by atoms with Gasteiger partial charge < -0.3 is 9.31 Å². The first kappa shape index (κ1) is 13.6. The smallest absolute Gasteiger partial charge is 0.399 e. The van der Waals surface area contributed by atoms with Crippen molar-refractivity contribution in [1.82, 2.24) is 9.78 Å². The van der Waals surface area contributed by atoms with Gasteiger partial charge in [0.1, 0.15) is 0 Å². The summed E-state index contributed by atoms with van der Waals surface area (Å²) in [6.45, 7) is 11.2. The van der Waals surface area contributed by atoms with E-state index in [0.717, 1.165) is 22.9 Å². The van der Waals surface area contributed by atoms with E-state index in [0.29, 0.717) is 0 Å². The molecule has 4 nitrogen and oxygen atoms in total. The monoisotopic (exact) mass is 272 g/mol. The van der Waals surface area contributed by atoms with Gasteiger partial charge in [-0.3, -0.25) is 4.68 Å². The SMILES string of the molecule is CCn1ncc2cc(B3OC(C)(C)C(C)(C)O3)ccc21. The minimum Gasteiger partial charge on any atom is -0.399 e. The molecule has 0 spiro atoms. The number of nitrogens with zero attached hydrogens (tertiary/aromatic N) is 2. The molecular weight excluding hydrogens is 251 g/mol. The zero-order valence-corrected chi connectivity index (χ0v) is 12.8. The third-order valence-electron chi connectivity index (χ3n) is 4.49. The topological polar surface area (TPSA) is 36.3 Å². The van der Waals surface area contributed by atoms with Gasteiger partial charge in [0.15, 0.2) is 0 Å². The Balaban J connectivity index is 1.96. The van der Waals surface area contributed by atoms with Gasteiger partial charge in [0, 0.05) is 11.9 Å². The number of benzene rings is 1. The van der Waals surface area contributed by atoms with E-state index in [2.05, 4.69) is 57.9 Å². The highest BCUT2D eigenvalue weighted by Gasteiger charge is 2.51. The van der Waals surface area contributed by atoms with E-state index in [4.69, 9.17) is 9.31 Å². The van der Waals surface area contributed by atoms with Crippen molar-refractivity contribution in [3.63, 3.8) is 0 Å². The molecule has 1 aromatic carbocycles. The van der Waals surface area contributed by atoms with Crippen LogP contribution in [0, 0.1) is 0 Å². The van der Waals surface area contributed by atoms with Crippen LogP contribution in [0.4, 0.5) is 0 Å². The Hall–Kier alpha value is -1.33. The molecule has 1 saturated heterocycles. The number of aryl methyl sites for hydroxylation is 1. The number of hydrogen-bond acceptors (Lipinski definition) is 3. The molecule has 0 aliphatic carbocycles. The summed E-state index contributed by atoms with van der Waals surface area (Å²) < 4.78 is 14.2. The quantitative estimate of drug-likeness (QED) is 0.787. The molecule has 0 bridgehead atoms. The van der Waals surface area contributed by atoms with Gasteiger partial charge in [-0.05, 0) is 46.1 Å². The first-order chi connectivity index (χ1) is 9.34. The van der Waals surface area contributed by atoms with Crippen molar-refractivity contribution in [3.8, 4) is 0 Å². The summed E-state index contributed by atoms with van der Waals surface area (Å²) in [6, 6.07) is 6.27. The van der Waals surface area contributed by atoms with E-state index in [1.54, 1.807) is 0 Å². The van der Waals surface area contributed by atoms with Gasteiger partial charge in [-0.25, -0.2) is 0 Å². The second-order valence-electron chi connectivity index (χ2n) is 6.37. The molecule has 0 unspecified atom stereocenters. The summed E-state index contributed by atoms with van der Waals surface area (Å²) in [6.07, 6.45) is 1.90. The van der Waals surface area contributed by atoms with Crippen LogP contribution in [0.2, 0.25) is 0 Å². The lowest BCUT2D eigenvalue weighted by molar-refractivity contribution is 0.00578. The molecule has 1 fully saturated rings. The van der Waals surface area contributed by atoms with Crippen LogP contribution in [0.25, 0.3) is 10.9 Å². The van der Waals surface area contributed by atoms with Crippen LogP contribution in [-0.2, 0) is 15.9 Å². The van der Waals surface area contributed by atoms with Crippen LogP contribution in [0.3, 0.4) is 0 Å². The first-order valence-electron chi connectivity index (χ1n) is 7.15. The average Bonchev–Trinajstić information content (AvgIpc) is 2.87. The fourth-order valence-electron chi connectivity index (χ4n) is 2.48. The molecule has 0 saturated carbocycles. The van der Waals surface area contributed by atoms with Crippen LogP contribution in [-0.4, -0.2) is 28.1 Å². The van der Waals surface area contributed by atoms with Gasteiger partial charge in [-0.15, -0.1) is 0 Å². The summed E-state index contributed by atoms with van der Waals surface area (Å²) in [5, 5.41) is 5.50. The Morgan fingerprint density at radius 1 is 1.15 bits per heavy atom. The van der Waals surface area contributed by atoms with Crippen molar-refractivity contribution in [2.24, 2.45) is 0 Å². The number of rotatable bonds is 2. The normalized spacial score (nSPS) is 20.8. The van der Waals surface area contributed by atoms with Crippen molar-refractivity contribution in [2.45, 2.75) is 52.4 Å². The van der Waals surface area contributed by atoms with Crippen molar-refractivity contribution in [3.05, 3.63) is 24.4 Å². The maximum absolute atomic E-state index is 6.08. The predicted octanol–water partition coefficient (Wildman–Crippen LogP) is 2.36. The highest BCUT2D eigenvalue weighted by Crippen LogP contribution is 2.36. The largest absolute Gasteiger partial charge is 0.494 e. The highest BCUT2D eigenvalue weighted by atomic mass is 16.7. The lowest BCUT2D eigenvalue weighted by Gasteiger charge is -2.32. The fraction of sp³-hybridized carbons (Fsp3) is 0.533. The number of fused-ring (bicyclic) bond motifs is 1. The van der Waals surface area contributed by atoms with Crippen LogP contribution in [0.1, 0.15) is 34.6 Å². The third-order valence-corrected chi connectivity index (χ3v) is 4.49. The first-order valence-corrected chi connectivity index (χ1v) is 7.15. The summed E-state index contributed by atoms with van der Waals surface area (Å²) in [5.41, 5.74) is 1.58. The summed E-state index contributed by atoms with van der Waals surface area (Å²) in [7, 11) is -0.311. The summed E-state index contributed by atoms with van der Waals surface area (Å²) in [5.74, 6) is 0. The van der Waals surface area contributed by atoms with Crippen molar-refractivity contribution < 1.29 is 9.31 Å². The van der Waals surface area contributed by atoms with Gasteiger partial charge in [-0.2, -0.15) is 5.10 Å². The van der Waals surface area contributed by atoms with Gasteiger partial charge in [0.05, 0.1) is 22.9 Å². The van der Waals surface area contributed by atoms with Gasteiger partial charge in [0.25, 0.3) is 0 Å². The summed E-state index contributed by atoms with van der Waals surface area (Å²) in [4.78, 5) is 0. The molecule has 5 heteroatoms. The average molecular weight is 272 g/mol. The van der Waals surface area contributed by atoms with Crippen LogP contribution >= 0.6 is 0 Å². The third kappa shape index (κ3) is 1.96. The Kier molecular flexibility index (Phi) is 2.96. The predicted molar refractivity (Wildman–Crippen MR) is 81.1 cm³/mol. The zero-order valence-electron chi connectivity index (χ0n) is 12.8. The molecule has 1 aromatic heterocycles. The molecule has 0 atom stereocenters. The highest BCUT2D eigenvalue weighted by molar-refractivity contribution is 6.62. The second-order valence-corrected chi connectivity index (χ2v) is 6.37. The maximum atomic E-state index is 6.08. The van der Waals surface area contributed by atoms with Crippen molar-refractivity contribution in [2.75, 3.05) is 0 Å². The van der Waals surface area contributed by atoms with Gasteiger partial charge in [0.2, 0.25) is 0 Å². The van der Waals surface area contributed by atoms with Crippen molar-refractivity contribution >= 4 is 23.5 Å². The zero-order chi connectivity index (χ0) is 14.5. The van der Waals surface area contributed by atoms with Crippen molar-refractivity contribution in [1.29, 1.82) is 0 Å². The van der Waals surface area contributed by atoms with Crippen LogP contribution in [0.5, 0.6) is 0 Å². The van der Waals surface area contributed by atoms with Crippen LogP contribution < -0.4 is 5.46 Å². The van der Waals surface area contributed by atoms with Gasteiger partial charge in [-0.1, -0.05) is 12.1 Å². The number of hydrogen-bond donors (Lipinski definition) is 0. The standard InChI is InChI=1S/C15H21BN2O2/c1-6-18-13-8-7-12(9-11(13)10-17-18)16-19-14(2,3)15(4,5)20-16/h7-10H,6H2,1-5H3. The Bertz CT molecular complexity index is 632. The van der Waals surface area contributed by atoms with E-state index in [9.17, 15) is 0 Å². The van der Waals surface area contributed by atoms with E-state index in [1.807, 2.05) is 10.9 Å². The Labute approximate surface area is 120 Å². The molecule has 1 aliphatic heterocycles. The maximum Gasteiger partial charge on any atom is 0.494 e. The molecular formula is C15H21BN2O2. The minimum absolute atomic E-state index is 0.305. The molecule has 3 rings (SSSR count). The molecule has 0 N–H and O–H groups in total. The molecule has 0 radical (unpaired) electrons. The minimum atomic E-state index is -0.311. The van der Waals surface area contributed by atoms with E-state index < -0.39 is 0 Å². The fourth-order valence-corrected chi connectivity index (χ4v) is 2.48.